The van der Waals surface area contributed by atoms with Gasteiger partial charge in [0.25, 0.3) is 15.9 Å². The Bertz CT molecular complexity index is 936. The number of aromatic nitrogens is 1. The first kappa shape index (κ1) is 17.6. The lowest BCUT2D eigenvalue weighted by molar-refractivity contribution is -0.121. The third-order valence-electron chi connectivity index (χ3n) is 3.94. The third-order valence-corrected chi connectivity index (χ3v) is 6.51. The zero-order valence-electron chi connectivity index (χ0n) is 13.6. The van der Waals surface area contributed by atoms with E-state index in [0.717, 1.165) is 22.5 Å². The minimum atomic E-state index is -4.00. The smallest absolute Gasteiger partial charge is 0.291 e. The second-order valence-electron chi connectivity index (χ2n) is 5.81. The van der Waals surface area contributed by atoms with Gasteiger partial charge in [-0.05, 0) is 30.0 Å². The molecular formula is C16H16N2O5S2. The number of aryl methyl sites for hydroxylation is 1. The SMILES string of the molecule is Cc1ccc(OCC(=O)NS(=O)(=O)c2nccs2)c2c1C(C)CC2=O. The van der Waals surface area contributed by atoms with E-state index < -0.39 is 22.5 Å². The van der Waals surface area contributed by atoms with Crippen molar-refractivity contribution in [1.82, 2.24) is 9.71 Å². The van der Waals surface area contributed by atoms with Gasteiger partial charge in [0, 0.05) is 18.0 Å². The molecule has 1 aromatic carbocycles. The largest absolute Gasteiger partial charge is 0.483 e. The molecule has 0 bridgehead atoms. The zero-order chi connectivity index (χ0) is 18.2. The Morgan fingerprint density at radius 2 is 2.20 bits per heavy atom. The molecule has 25 heavy (non-hydrogen) atoms. The molecule has 0 fully saturated rings. The Morgan fingerprint density at radius 3 is 2.88 bits per heavy atom. The highest BCUT2D eigenvalue weighted by Crippen LogP contribution is 2.40. The van der Waals surface area contributed by atoms with Crippen LogP contribution in [0.15, 0.2) is 28.0 Å². The van der Waals surface area contributed by atoms with Crippen LogP contribution in [-0.2, 0) is 14.8 Å². The summed E-state index contributed by atoms with van der Waals surface area (Å²) in [4.78, 5) is 27.8. The second kappa shape index (κ2) is 6.57. The maximum absolute atomic E-state index is 12.2. The van der Waals surface area contributed by atoms with Crippen molar-refractivity contribution in [3.05, 3.63) is 40.4 Å². The molecule has 3 rings (SSSR count). The topological polar surface area (TPSA) is 102 Å². The van der Waals surface area contributed by atoms with Crippen LogP contribution in [0.4, 0.5) is 0 Å². The second-order valence-corrected chi connectivity index (χ2v) is 8.56. The normalized spacial score (nSPS) is 16.6. The van der Waals surface area contributed by atoms with Gasteiger partial charge < -0.3 is 4.74 Å². The fourth-order valence-corrected chi connectivity index (χ4v) is 4.74. The maximum atomic E-state index is 12.2. The Balaban J connectivity index is 1.73. The van der Waals surface area contributed by atoms with Gasteiger partial charge in [-0.15, -0.1) is 11.3 Å². The van der Waals surface area contributed by atoms with Crippen molar-refractivity contribution in [2.75, 3.05) is 6.61 Å². The lowest BCUT2D eigenvalue weighted by atomic mass is 9.97. The van der Waals surface area contributed by atoms with Gasteiger partial charge in [0.15, 0.2) is 12.4 Å². The van der Waals surface area contributed by atoms with Gasteiger partial charge in [-0.1, -0.05) is 13.0 Å². The molecule has 0 spiro atoms. The Labute approximate surface area is 149 Å². The van der Waals surface area contributed by atoms with E-state index in [2.05, 4.69) is 4.98 Å². The number of Topliss-reactive ketones (excluding diaryl/α,β-unsaturated/α-hetero) is 1. The molecule has 7 nitrogen and oxygen atoms in total. The Morgan fingerprint density at radius 1 is 1.44 bits per heavy atom. The monoisotopic (exact) mass is 380 g/mol. The number of fused-ring (bicyclic) bond motifs is 1. The summed E-state index contributed by atoms with van der Waals surface area (Å²) < 4.78 is 31.0. The lowest BCUT2D eigenvalue weighted by Gasteiger charge is -2.13. The first-order chi connectivity index (χ1) is 11.8. The van der Waals surface area contributed by atoms with Crippen LogP contribution < -0.4 is 9.46 Å². The quantitative estimate of drug-likeness (QED) is 0.851. The summed E-state index contributed by atoms with van der Waals surface area (Å²) in [7, 11) is -4.00. The number of nitrogens with one attached hydrogen (secondary N) is 1. The van der Waals surface area contributed by atoms with E-state index in [0.29, 0.717) is 17.7 Å². The molecule has 9 heteroatoms. The standard InChI is InChI=1S/C16H16N2O5S2/c1-9-3-4-12(15-11(19)7-10(2)14(9)15)23-8-13(20)18-25(21,22)16-17-5-6-24-16/h3-6,10H,7-8H2,1-2H3,(H,18,20). The summed E-state index contributed by atoms with van der Waals surface area (Å²) in [5.74, 6) is -0.457. The predicted molar refractivity (Wildman–Crippen MR) is 91.5 cm³/mol. The number of carbonyl (C=O) groups excluding carboxylic acids is 2. The molecule has 0 saturated heterocycles. The number of sulfonamides is 1. The molecule has 1 amide bonds. The van der Waals surface area contributed by atoms with Crippen LogP contribution >= 0.6 is 11.3 Å². The molecule has 2 aromatic rings. The zero-order valence-corrected chi connectivity index (χ0v) is 15.2. The fourth-order valence-electron chi connectivity index (χ4n) is 2.94. The van der Waals surface area contributed by atoms with Crippen molar-refractivity contribution in [3.63, 3.8) is 0 Å². The van der Waals surface area contributed by atoms with E-state index in [1.54, 1.807) is 6.07 Å². The van der Waals surface area contributed by atoms with Crippen molar-refractivity contribution in [2.24, 2.45) is 0 Å². The molecule has 0 radical (unpaired) electrons. The number of ether oxygens (including phenoxy) is 1. The molecule has 1 aliphatic rings. The van der Waals surface area contributed by atoms with Gasteiger partial charge in [-0.25, -0.2) is 9.71 Å². The van der Waals surface area contributed by atoms with Gasteiger partial charge in [0.05, 0.1) is 5.56 Å². The highest BCUT2D eigenvalue weighted by atomic mass is 32.2. The van der Waals surface area contributed by atoms with E-state index in [1.807, 2.05) is 24.6 Å². The lowest BCUT2D eigenvalue weighted by Crippen LogP contribution is -2.34. The van der Waals surface area contributed by atoms with Gasteiger partial charge in [0.1, 0.15) is 5.75 Å². The Kier molecular flexibility index (Phi) is 4.61. The minimum Gasteiger partial charge on any atom is -0.483 e. The summed E-state index contributed by atoms with van der Waals surface area (Å²) >= 11 is 0.905. The molecule has 1 aromatic heterocycles. The van der Waals surface area contributed by atoms with E-state index >= 15 is 0 Å². The van der Waals surface area contributed by atoms with Crippen molar-refractivity contribution in [2.45, 2.75) is 30.5 Å². The minimum absolute atomic E-state index is 0.0305. The average molecular weight is 380 g/mol. The highest BCUT2D eigenvalue weighted by molar-refractivity contribution is 7.92. The summed E-state index contributed by atoms with van der Waals surface area (Å²) in [6.07, 6.45) is 1.74. The van der Waals surface area contributed by atoms with Gasteiger partial charge in [0.2, 0.25) is 4.34 Å². The molecular weight excluding hydrogens is 364 g/mol. The number of ketones is 1. The number of nitrogens with zero attached hydrogens (tertiary/aromatic N) is 1. The van der Waals surface area contributed by atoms with E-state index in [4.69, 9.17) is 4.74 Å². The molecule has 1 heterocycles. The van der Waals surface area contributed by atoms with Crippen molar-refractivity contribution in [1.29, 1.82) is 0 Å². The summed E-state index contributed by atoms with van der Waals surface area (Å²) in [6.45, 7) is 3.38. The van der Waals surface area contributed by atoms with E-state index in [1.165, 1.54) is 11.6 Å². The third kappa shape index (κ3) is 3.42. The summed E-state index contributed by atoms with van der Waals surface area (Å²) in [5.41, 5.74) is 2.41. The average Bonchev–Trinajstić information content (AvgIpc) is 3.16. The van der Waals surface area contributed by atoms with Crippen LogP contribution in [0.1, 0.15) is 40.7 Å². The predicted octanol–water partition coefficient (Wildman–Crippen LogP) is 2.03. The van der Waals surface area contributed by atoms with Crippen LogP contribution in [-0.4, -0.2) is 31.7 Å². The molecule has 0 aliphatic heterocycles. The number of carbonyl (C=O) groups is 2. The van der Waals surface area contributed by atoms with Crippen molar-refractivity contribution >= 4 is 33.1 Å². The first-order valence-electron chi connectivity index (χ1n) is 7.54. The molecule has 0 saturated carbocycles. The first-order valence-corrected chi connectivity index (χ1v) is 9.90. The van der Waals surface area contributed by atoms with Crippen LogP contribution in [0.5, 0.6) is 5.75 Å². The van der Waals surface area contributed by atoms with E-state index in [9.17, 15) is 18.0 Å². The number of thiazole rings is 1. The summed E-state index contributed by atoms with van der Waals surface area (Å²) in [6, 6.07) is 3.46. The van der Waals surface area contributed by atoms with Crippen LogP contribution in [0.25, 0.3) is 0 Å². The van der Waals surface area contributed by atoms with E-state index in [-0.39, 0.29) is 16.0 Å². The van der Waals surface area contributed by atoms with Crippen LogP contribution in [0.3, 0.4) is 0 Å². The van der Waals surface area contributed by atoms with Gasteiger partial charge in [-0.3, -0.25) is 9.59 Å². The number of hydrogen-bond donors (Lipinski definition) is 1. The van der Waals surface area contributed by atoms with Crippen molar-refractivity contribution in [3.8, 4) is 5.75 Å². The molecule has 1 N–H and O–H groups in total. The molecule has 1 atom stereocenters. The number of amides is 1. The highest BCUT2D eigenvalue weighted by Gasteiger charge is 2.31. The fraction of sp³-hybridized carbons (Fsp3) is 0.312. The number of hydrogen-bond acceptors (Lipinski definition) is 7. The maximum Gasteiger partial charge on any atom is 0.291 e. The van der Waals surface area contributed by atoms with Crippen LogP contribution in [0, 0.1) is 6.92 Å². The van der Waals surface area contributed by atoms with Gasteiger partial charge >= 0.3 is 0 Å². The number of rotatable bonds is 5. The van der Waals surface area contributed by atoms with Crippen LogP contribution in [0.2, 0.25) is 0 Å². The van der Waals surface area contributed by atoms with Gasteiger partial charge in [-0.2, -0.15) is 8.42 Å². The number of benzene rings is 1. The Hall–Kier alpha value is -2.26. The van der Waals surface area contributed by atoms with Crippen molar-refractivity contribution < 1.29 is 22.7 Å². The molecule has 1 unspecified atom stereocenters. The molecule has 132 valence electrons. The molecule has 1 aliphatic carbocycles. The summed E-state index contributed by atoms with van der Waals surface area (Å²) in [5, 5.41) is 1.50.